The lowest BCUT2D eigenvalue weighted by molar-refractivity contribution is 0.0378. The van der Waals surface area contributed by atoms with Crippen molar-refractivity contribution in [1.82, 2.24) is 4.98 Å². The zero-order valence-corrected chi connectivity index (χ0v) is 16.2. The van der Waals surface area contributed by atoms with E-state index in [0.717, 1.165) is 9.88 Å². The summed E-state index contributed by atoms with van der Waals surface area (Å²) in [6.07, 6.45) is -0.172. The average Bonchev–Trinajstić information content (AvgIpc) is 3.24. The summed E-state index contributed by atoms with van der Waals surface area (Å²) in [6, 6.07) is 10.6. The van der Waals surface area contributed by atoms with Crippen LogP contribution in [0.2, 0.25) is 0 Å². The molecule has 0 aliphatic rings. The maximum Gasteiger partial charge on any atom is 0.338 e. The van der Waals surface area contributed by atoms with Gasteiger partial charge in [-0.15, -0.1) is 22.7 Å². The normalized spacial score (nSPS) is 10.8. The van der Waals surface area contributed by atoms with Crippen molar-refractivity contribution in [1.29, 1.82) is 0 Å². The summed E-state index contributed by atoms with van der Waals surface area (Å²) in [7, 11) is 0. The van der Waals surface area contributed by atoms with Gasteiger partial charge in [-0.25, -0.2) is 9.78 Å². The van der Waals surface area contributed by atoms with Crippen LogP contribution in [0.15, 0.2) is 41.8 Å². The monoisotopic (exact) mass is 386 g/mol. The van der Waals surface area contributed by atoms with Crippen LogP contribution in [0.4, 0.5) is 5.69 Å². The third kappa shape index (κ3) is 4.17. The van der Waals surface area contributed by atoms with Crippen LogP contribution in [0.25, 0.3) is 9.88 Å². The van der Waals surface area contributed by atoms with Crippen LogP contribution in [-0.2, 0) is 4.74 Å². The highest BCUT2D eigenvalue weighted by molar-refractivity contribution is 7.22. The number of carbonyl (C=O) groups is 2. The van der Waals surface area contributed by atoms with Crippen molar-refractivity contribution >= 4 is 40.2 Å². The number of aromatic nitrogens is 1. The first kappa shape index (κ1) is 18.3. The fourth-order valence-corrected chi connectivity index (χ4v) is 4.03. The molecule has 0 atom stereocenters. The fourth-order valence-electron chi connectivity index (χ4n) is 2.27. The number of thiophene rings is 1. The van der Waals surface area contributed by atoms with Gasteiger partial charge in [-0.1, -0.05) is 6.07 Å². The number of nitrogens with one attached hydrogen (secondary N) is 1. The molecule has 0 saturated heterocycles. The van der Waals surface area contributed by atoms with Gasteiger partial charge in [0.1, 0.15) is 9.88 Å². The van der Waals surface area contributed by atoms with Gasteiger partial charge in [-0.2, -0.15) is 0 Å². The molecule has 3 rings (SSSR count). The summed E-state index contributed by atoms with van der Waals surface area (Å²) >= 11 is 2.97. The summed E-state index contributed by atoms with van der Waals surface area (Å²) in [5.74, 6) is -0.586. The van der Waals surface area contributed by atoms with Gasteiger partial charge >= 0.3 is 5.97 Å². The third-order valence-corrected chi connectivity index (χ3v) is 5.65. The number of rotatable bonds is 5. The van der Waals surface area contributed by atoms with E-state index in [0.29, 0.717) is 21.8 Å². The second kappa shape index (κ2) is 7.80. The molecule has 134 valence electrons. The Labute approximate surface area is 159 Å². The molecule has 0 unspecified atom stereocenters. The lowest BCUT2D eigenvalue weighted by Gasteiger charge is -2.08. The van der Waals surface area contributed by atoms with Gasteiger partial charge in [0.25, 0.3) is 5.91 Å². The van der Waals surface area contributed by atoms with E-state index in [1.807, 2.05) is 24.4 Å². The number of benzene rings is 1. The molecule has 1 N–H and O–H groups in total. The summed E-state index contributed by atoms with van der Waals surface area (Å²) < 4.78 is 5.15. The standard InChI is InChI=1S/C19H18N2O3S2/c1-11(2)24-19(23)13-6-8-14(9-7-13)21-17(22)16-12(3)20-18(26-16)15-5-4-10-25-15/h4-11H,1-3H3,(H,21,22). The highest BCUT2D eigenvalue weighted by atomic mass is 32.1. The smallest absolute Gasteiger partial charge is 0.338 e. The van der Waals surface area contributed by atoms with E-state index in [-0.39, 0.29) is 18.0 Å². The quantitative estimate of drug-likeness (QED) is 0.627. The molecule has 2 heterocycles. The molecule has 1 amide bonds. The van der Waals surface area contributed by atoms with Gasteiger partial charge in [0.05, 0.1) is 22.2 Å². The topological polar surface area (TPSA) is 68.3 Å². The van der Waals surface area contributed by atoms with Gasteiger partial charge in [0, 0.05) is 5.69 Å². The Kier molecular flexibility index (Phi) is 5.49. The zero-order chi connectivity index (χ0) is 18.7. The van der Waals surface area contributed by atoms with Gasteiger partial charge in [0.15, 0.2) is 0 Å². The summed E-state index contributed by atoms with van der Waals surface area (Å²) in [4.78, 5) is 30.5. The number of esters is 1. The fraction of sp³-hybridized carbons (Fsp3) is 0.211. The lowest BCUT2D eigenvalue weighted by Crippen LogP contribution is -2.13. The van der Waals surface area contributed by atoms with E-state index < -0.39 is 0 Å². The minimum atomic E-state index is -0.378. The summed E-state index contributed by atoms with van der Waals surface area (Å²) in [5, 5.41) is 5.67. The molecule has 0 radical (unpaired) electrons. The van der Waals surface area contributed by atoms with Crippen LogP contribution in [0.1, 0.15) is 39.6 Å². The number of anilines is 1. The zero-order valence-electron chi connectivity index (χ0n) is 14.6. The van der Waals surface area contributed by atoms with Crippen LogP contribution in [0, 0.1) is 6.92 Å². The molecule has 2 aromatic heterocycles. The Morgan fingerprint density at radius 1 is 1.15 bits per heavy atom. The molecule has 7 heteroatoms. The Bertz CT molecular complexity index is 913. The van der Waals surface area contributed by atoms with Crippen LogP contribution in [-0.4, -0.2) is 23.0 Å². The highest BCUT2D eigenvalue weighted by Crippen LogP contribution is 2.31. The van der Waals surface area contributed by atoms with E-state index >= 15 is 0 Å². The second-order valence-corrected chi connectivity index (χ2v) is 7.84. The first-order valence-electron chi connectivity index (χ1n) is 8.07. The molecule has 26 heavy (non-hydrogen) atoms. The van der Waals surface area contributed by atoms with Gasteiger partial charge in [0.2, 0.25) is 0 Å². The predicted molar refractivity (Wildman–Crippen MR) is 105 cm³/mol. The number of hydrogen-bond acceptors (Lipinski definition) is 6. The molecule has 0 spiro atoms. The van der Waals surface area contributed by atoms with Crippen molar-refractivity contribution in [3.8, 4) is 9.88 Å². The number of aryl methyl sites for hydroxylation is 1. The SMILES string of the molecule is Cc1nc(-c2cccs2)sc1C(=O)Nc1ccc(C(=O)OC(C)C)cc1. The summed E-state index contributed by atoms with van der Waals surface area (Å²) in [5.41, 5.74) is 1.76. The van der Waals surface area contributed by atoms with Gasteiger partial charge < -0.3 is 10.1 Å². The molecule has 3 aromatic rings. The number of nitrogens with zero attached hydrogens (tertiary/aromatic N) is 1. The van der Waals surface area contributed by atoms with E-state index in [9.17, 15) is 9.59 Å². The number of ether oxygens (including phenoxy) is 1. The van der Waals surface area contributed by atoms with Crippen LogP contribution in [0.3, 0.4) is 0 Å². The Balaban J connectivity index is 1.71. The van der Waals surface area contributed by atoms with Gasteiger partial charge in [-0.3, -0.25) is 4.79 Å². The Morgan fingerprint density at radius 3 is 2.50 bits per heavy atom. The molecular formula is C19H18N2O3S2. The molecule has 0 bridgehead atoms. The number of hydrogen-bond donors (Lipinski definition) is 1. The van der Waals surface area contributed by atoms with Crippen molar-refractivity contribution in [2.45, 2.75) is 26.9 Å². The highest BCUT2D eigenvalue weighted by Gasteiger charge is 2.17. The molecule has 1 aromatic carbocycles. The number of thiazole rings is 1. The maximum atomic E-state index is 12.6. The first-order chi connectivity index (χ1) is 12.4. The average molecular weight is 386 g/mol. The minimum absolute atomic E-state index is 0.172. The minimum Gasteiger partial charge on any atom is -0.459 e. The molecule has 0 aliphatic heterocycles. The first-order valence-corrected chi connectivity index (χ1v) is 9.77. The molecule has 0 saturated carbocycles. The van der Waals surface area contributed by atoms with Crippen molar-refractivity contribution in [2.75, 3.05) is 5.32 Å². The van der Waals surface area contributed by atoms with Crippen LogP contribution >= 0.6 is 22.7 Å². The maximum absolute atomic E-state index is 12.6. The van der Waals surface area contributed by atoms with E-state index in [4.69, 9.17) is 4.74 Å². The number of amides is 1. The van der Waals surface area contributed by atoms with Crippen molar-refractivity contribution in [2.24, 2.45) is 0 Å². The molecule has 0 fully saturated rings. The van der Waals surface area contributed by atoms with Crippen LogP contribution < -0.4 is 5.32 Å². The van der Waals surface area contributed by atoms with E-state index in [2.05, 4.69) is 10.3 Å². The molecule has 5 nitrogen and oxygen atoms in total. The van der Waals surface area contributed by atoms with E-state index in [1.54, 1.807) is 49.4 Å². The van der Waals surface area contributed by atoms with Crippen molar-refractivity contribution in [3.05, 3.63) is 57.9 Å². The van der Waals surface area contributed by atoms with Gasteiger partial charge in [-0.05, 0) is 56.5 Å². The predicted octanol–water partition coefficient (Wildman–Crippen LogP) is 5.00. The Morgan fingerprint density at radius 2 is 1.88 bits per heavy atom. The van der Waals surface area contributed by atoms with Crippen molar-refractivity contribution < 1.29 is 14.3 Å². The van der Waals surface area contributed by atoms with Crippen LogP contribution in [0.5, 0.6) is 0 Å². The van der Waals surface area contributed by atoms with Crippen molar-refractivity contribution in [3.63, 3.8) is 0 Å². The molecular weight excluding hydrogens is 368 g/mol. The second-order valence-electron chi connectivity index (χ2n) is 5.90. The third-order valence-electron chi connectivity index (χ3n) is 3.46. The Hall–Kier alpha value is -2.51. The number of carbonyl (C=O) groups excluding carboxylic acids is 2. The summed E-state index contributed by atoms with van der Waals surface area (Å²) in [6.45, 7) is 5.43. The molecule has 0 aliphatic carbocycles. The lowest BCUT2D eigenvalue weighted by atomic mass is 10.2. The largest absolute Gasteiger partial charge is 0.459 e. The van der Waals surface area contributed by atoms with E-state index in [1.165, 1.54) is 11.3 Å².